The van der Waals surface area contributed by atoms with Gasteiger partial charge in [-0.05, 0) is 30.7 Å². The molecule has 6 nitrogen and oxygen atoms in total. The van der Waals surface area contributed by atoms with E-state index in [9.17, 15) is 19.1 Å². The molecule has 132 valence electrons. The molecule has 2 amide bonds. The molecule has 2 aliphatic rings. The summed E-state index contributed by atoms with van der Waals surface area (Å²) in [6.07, 6.45) is -0.0293. The molecule has 1 aromatic carbocycles. The molecule has 2 N–H and O–H groups in total. The molecule has 0 aromatic heterocycles. The second-order valence-corrected chi connectivity index (χ2v) is 5.97. The monoisotopic (exact) mass is 357 g/mol. The number of carbonyl (C=O) groups excluding carboxylic acids is 2. The van der Waals surface area contributed by atoms with E-state index >= 15 is 0 Å². The van der Waals surface area contributed by atoms with Crippen molar-refractivity contribution in [1.29, 1.82) is 0 Å². The van der Waals surface area contributed by atoms with Crippen LogP contribution in [0.15, 0.2) is 24.3 Å². The molecule has 0 aliphatic carbocycles. The summed E-state index contributed by atoms with van der Waals surface area (Å²) in [5, 5.41) is 12.5. The predicted molar refractivity (Wildman–Crippen MR) is 88.5 cm³/mol. The number of nitrogens with zero attached hydrogens (tertiary/aromatic N) is 2. The smallest absolute Gasteiger partial charge is 0.253 e. The van der Waals surface area contributed by atoms with E-state index in [1.165, 1.54) is 24.3 Å². The van der Waals surface area contributed by atoms with E-state index in [-0.39, 0.29) is 36.1 Å². The number of rotatable bonds is 2. The fourth-order valence-electron chi connectivity index (χ4n) is 3.03. The zero-order chi connectivity index (χ0) is 16.4. The number of nitrogens with one attached hydrogen (secondary N) is 1. The molecule has 0 radical (unpaired) electrons. The van der Waals surface area contributed by atoms with Gasteiger partial charge >= 0.3 is 0 Å². The molecule has 0 bridgehead atoms. The third-order valence-electron chi connectivity index (χ3n) is 4.38. The standard InChI is InChI=1S/C16H20FN3O3.ClH/c17-12-3-1-11(2-4-12)15(22)19-5-7-20(8-6-19)16(23)14-9-13(21)10-18-14;/h1-4,13-14,18,21H,5-10H2;1H. The molecule has 0 spiro atoms. The average Bonchev–Trinajstić information content (AvgIpc) is 3.01. The van der Waals surface area contributed by atoms with Crippen molar-refractivity contribution in [3.8, 4) is 0 Å². The number of hydrogen-bond donors (Lipinski definition) is 2. The second-order valence-electron chi connectivity index (χ2n) is 5.97. The lowest BCUT2D eigenvalue weighted by molar-refractivity contribution is -0.134. The maximum Gasteiger partial charge on any atom is 0.253 e. The van der Waals surface area contributed by atoms with Crippen molar-refractivity contribution in [2.45, 2.75) is 18.6 Å². The van der Waals surface area contributed by atoms with Gasteiger partial charge in [0.1, 0.15) is 5.82 Å². The van der Waals surface area contributed by atoms with Crippen LogP contribution in [0, 0.1) is 5.82 Å². The van der Waals surface area contributed by atoms with E-state index in [4.69, 9.17) is 0 Å². The number of amides is 2. The highest BCUT2D eigenvalue weighted by molar-refractivity contribution is 5.94. The van der Waals surface area contributed by atoms with Crippen LogP contribution in [0.3, 0.4) is 0 Å². The molecule has 2 heterocycles. The lowest BCUT2D eigenvalue weighted by atomic mass is 10.1. The minimum absolute atomic E-state index is 0. The zero-order valence-corrected chi connectivity index (χ0v) is 14.0. The molecule has 2 saturated heterocycles. The van der Waals surface area contributed by atoms with E-state index in [2.05, 4.69) is 5.32 Å². The number of benzene rings is 1. The number of carbonyl (C=O) groups is 2. The minimum atomic E-state index is -0.467. The van der Waals surface area contributed by atoms with Crippen LogP contribution in [0.1, 0.15) is 16.8 Å². The number of aliphatic hydroxyl groups is 1. The summed E-state index contributed by atoms with van der Waals surface area (Å²) in [5.74, 6) is -0.537. The van der Waals surface area contributed by atoms with Crippen LogP contribution in [-0.2, 0) is 4.79 Å². The van der Waals surface area contributed by atoms with Crippen molar-refractivity contribution in [2.75, 3.05) is 32.7 Å². The van der Waals surface area contributed by atoms with Gasteiger partial charge in [0, 0.05) is 38.3 Å². The van der Waals surface area contributed by atoms with Gasteiger partial charge in [0.15, 0.2) is 0 Å². The summed E-state index contributed by atoms with van der Waals surface area (Å²) in [5.41, 5.74) is 0.451. The van der Waals surface area contributed by atoms with Crippen LogP contribution in [0.2, 0.25) is 0 Å². The number of piperazine rings is 1. The van der Waals surface area contributed by atoms with Crippen molar-refractivity contribution >= 4 is 24.2 Å². The largest absolute Gasteiger partial charge is 0.392 e. The highest BCUT2D eigenvalue weighted by atomic mass is 35.5. The Kier molecular flexibility index (Phi) is 6.15. The SMILES string of the molecule is Cl.O=C(c1ccc(F)cc1)N1CCN(C(=O)C2CC(O)CN2)CC1. The molecular weight excluding hydrogens is 337 g/mol. The van der Waals surface area contributed by atoms with Gasteiger partial charge in [-0.1, -0.05) is 0 Å². The van der Waals surface area contributed by atoms with Crippen molar-refractivity contribution in [2.24, 2.45) is 0 Å². The molecule has 2 unspecified atom stereocenters. The lowest BCUT2D eigenvalue weighted by Gasteiger charge is -2.36. The Morgan fingerprint density at radius 3 is 2.21 bits per heavy atom. The molecule has 24 heavy (non-hydrogen) atoms. The maximum absolute atomic E-state index is 12.9. The van der Waals surface area contributed by atoms with Crippen LogP contribution < -0.4 is 5.32 Å². The van der Waals surface area contributed by atoms with Crippen molar-refractivity contribution < 1.29 is 19.1 Å². The maximum atomic E-state index is 12.9. The van der Waals surface area contributed by atoms with Gasteiger partial charge in [0.05, 0.1) is 12.1 Å². The van der Waals surface area contributed by atoms with E-state index in [1.54, 1.807) is 9.80 Å². The highest BCUT2D eigenvalue weighted by Crippen LogP contribution is 2.14. The molecular formula is C16H21ClFN3O3. The fourth-order valence-corrected chi connectivity index (χ4v) is 3.03. The van der Waals surface area contributed by atoms with Gasteiger partial charge in [0.25, 0.3) is 5.91 Å². The normalized spacial score (nSPS) is 23.8. The summed E-state index contributed by atoms with van der Waals surface area (Å²) >= 11 is 0. The summed E-state index contributed by atoms with van der Waals surface area (Å²) in [7, 11) is 0. The number of hydrogen-bond acceptors (Lipinski definition) is 4. The minimum Gasteiger partial charge on any atom is -0.392 e. The Bertz CT molecular complexity index is 591. The summed E-state index contributed by atoms with van der Waals surface area (Å²) in [6.45, 7) is 2.30. The van der Waals surface area contributed by atoms with Gasteiger partial charge in [-0.25, -0.2) is 4.39 Å². The first-order valence-electron chi connectivity index (χ1n) is 7.79. The summed E-state index contributed by atoms with van der Waals surface area (Å²) in [4.78, 5) is 28.1. The van der Waals surface area contributed by atoms with E-state index in [1.807, 2.05) is 0 Å². The topological polar surface area (TPSA) is 72.9 Å². The van der Waals surface area contributed by atoms with Crippen molar-refractivity contribution in [3.63, 3.8) is 0 Å². The molecule has 2 atom stereocenters. The lowest BCUT2D eigenvalue weighted by Crippen LogP contribution is -2.54. The number of halogens is 2. The van der Waals surface area contributed by atoms with Gasteiger partial charge in [-0.3, -0.25) is 9.59 Å². The molecule has 3 rings (SSSR count). The van der Waals surface area contributed by atoms with Crippen LogP contribution in [0.25, 0.3) is 0 Å². The van der Waals surface area contributed by atoms with Crippen LogP contribution in [0.5, 0.6) is 0 Å². The van der Waals surface area contributed by atoms with Crippen LogP contribution in [-0.4, -0.2) is 71.6 Å². The van der Waals surface area contributed by atoms with Crippen molar-refractivity contribution in [1.82, 2.24) is 15.1 Å². The Labute approximate surface area is 146 Å². The molecule has 8 heteroatoms. The van der Waals surface area contributed by atoms with Gasteiger partial charge < -0.3 is 20.2 Å². The van der Waals surface area contributed by atoms with Crippen LogP contribution in [0.4, 0.5) is 4.39 Å². The third-order valence-corrected chi connectivity index (χ3v) is 4.38. The Morgan fingerprint density at radius 1 is 1.08 bits per heavy atom. The first kappa shape index (κ1) is 18.6. The first-order chi connectivity index (χ1) is 11.0. The number of aliphatic hydroxyl groups excluding tert-OH is 1. The molecule has 2 aliphatic heterocycles. The fraction of sp³-hybridized carbons (Fsp3) is 0.500. The summed E-state index contributed by atoms with van der Waals surface area (Å²) in [6, 6.07) is 5.15. The highest BCUT2D eigenvalue weighted by Gasteiger charge is 2.33. The Morgan fingerprint density at radius 2 is 1.67 bits per heavy atom. The predicted octanol–water partition coefficient (Wildman–Crippen LogP) is 0.255. The summed E-state index contributed by atoms with van der Waals surface area (Å²) < 4.78 is 12.9. The first-order valence-corrected chi connectivity index (χ1v) is 7.79. The van der Waals surface area contributed by atoms with Gasteiger partial charge in [-0.2, -0.15) is 0 Å². The molecule has 2 fully saturated rings. The van der Waals surface area contributed by atoms with E-state index < -0.39 is 6.10 Å². The average molecular weight is 358 g/mol. The Balaban J connectivity index is 0.00000208. The van der Waals surface area contributed by atoms with Crippen molar-refractivity contribution in [3.05, 3.63) is 35.6 Å². The van der Waals surface area contributed by atoms with Gasteiger partial charge in [-0.15, -0.1) is 12.4 Å². The van der Waals surface area contributed by atoms with Crippen LogP contribution >= 0.6 is 12.4 Å². The number of β-amino-alcohol motifs (C(OH)–C–C–N with tert-alkyl or cyclic N) is 1. The zero-order valence-electron chi connectivity index (χ0n) is 13.2. The molecule has 1 aromatic rings. The quantitative estimate of drug-likeness (QED) is 0.796. The Hall–Kier alpha value is -1.70. The second kappa shape index (κ2) is 7.92. The molecule has 0 saturated carbocycles. The van der Waals surface area contributed by atoms with E-state index in [0.717, 1.165) is 0 Å². The third kappa shape index (κ3) is 4.03. The van der Waals surface area contributed by atoms with E-state index in [0.29, 0.717) is 44.7 Å². The van der Waals surface area contributed by atoms with Gasteiger partial charge in [0.2, 0.25) is 5.91 Å².